The van der Waals surface area contributed by atoms with Gasteiger partial charge in [0.25, 0.3) is 0 Å². The first-order valence-corrected chi connectivity index (χ1v) is 10.5. The average Bonchev–Trinajstić information content (AvgIpc) is 2.91. The highest BCUT2D eigenvalue weighted by atomic mass is 32.2. The molecule has 0 aliphatic carbocycles. The van der Waals surface area contributed by atoms with Gasteiger partial charge in [0.15, 0.2) is 5.76 Å². The number of piperazine rings is 1. The molecule has 0 radical (unpaired) electrons. The highest BCUT2D eigenvalue weighted by Gasteiger charge is 2.32. The van der Waals surface area contributed by atoms with Crippen molar-refractivity contribution in [2.24, 2.45) is 0 Å². The first kappa shape index (κ1) is 22.2. The maximum absolute atomic E-state index is 12.6. The van der Waals surface area contributed by atoms with Crippen LogP contribution < -0.4 is 4.72 Å². The fourth-order valence-corrected chi connectivity index (χ4v) is 4.44. The number of amides is 2. The van der Waals surface area contributed by atoms with E-state index >= 15 is 0 Å². The highest BCUT2D eigenvalue weighted by Crippen LogP contribution is 2.19. The van der Waals surface area contributed by atoms with Crippen LogP contribution in [0.4, 0.5) is 4.79 Å². The van der Waals surface area contributed by atoms with Gasteiger partial charge in [0.1, 0.15) is 16.2 Å². The molecule has 0 spiro atoms. The second kappa shape index (κ2) is 8.08. The third-order valence-corrected chi connectivity index (χ3v) is 5.97. The summed E-state index contributed by atoms with van der Waals surface area (Å²) in [5.74, 6) is -0.199. The molecule has 28 heavy (non-hydrogen) atoms. The minimum absolute atomic E-state index is 0.0538. The molecular formula is C17H28N4O6S. The predicted molar refractivity (Wildman–Crippen MR) is 100 cm³/mol. The van der Waals surface area contributed by atoms with Crippen molar-refractivity contribution in [1.82, 2.24) is 19.7 Å². The number of carbonyl (C=O) groups is 2. The average molecular weight is 417 g/mol. The second-order valence-electron chi connectivity index (χ2n) is 7.79. The minimum atomic E-state index is -3.94. The molecule has 158 valence electrons. The number of ether oxygens (including phenoxy) is 1. The van der Waals surface area contributed by atoms with E-state index in [1.54, 1.807) is 20.8 Å². The van der Waals surface area contributed by atoms with Gasteiger partial charge >= 0.3 is 6.09 Å². The molecule has 1 atom stereocenters. The smallest absolute Gasteiger partial charge is 0.410 e. The summed E-state index contributed by atoms with van der Waals surface area (Å²) in [6, 6.07) is -0.966. The summed E-state index contributed by atoms with van der Waals surface area (Å²) in [7, 11) is -3.94. The minimum Gasteiger partial charge on any atom is -0.444 e. The third kappa shape index (κ3) is 5.22. The Morgan fingerprint density at radius 3 is 2.14 bits per heavy atom. The van der Waals surface area contributed by atoms with Crippen LogP contribution in [-0.2, 0) is 19.6 Å². The van der Waals surface area contributed by atoms with Crippen LogP contribution in [0.25, 0.3) is 0 Å². The molecule has 0 aromatic carbocycles. The van der Waals surface area contributed by atoms with Crippen molar-refractivity contribution in [3.8, 4) is 0 Å². The molecule has 2 heterocycles. The number of aromatic nitrogens is 1. The van der Waals surface area contributed by atoms with Crippen LogP contribution in [0.5, 0.6) is 0 Å². The zero-order valence-corrected chi connectivity index (χ0v) is 17.9. The Bertz CT molecular complexity index is 815. The van der Waals surface area contributed by atoms with E-state index in [-0.39, 0.29) is 22.3 Å². The fraction of sp³-hybridized carbons (Fsp3) is 0.706. The summed E-state index contributed by atoms with van der Waals surface area (Å²) in [5.41, 5.74) is -0.356. The molecule has 0 unspecified atom stereocenters. The van der Waals surface area contributed by atoms with Gasteiger partial charge < -0.3 is 19.1 Å². The Morgan fingerprint density at radius 2 is 1.68 bits per heavy atom. The molecule has 1 aromatic heterocycles. The molecule has 10 nitrogen and oxygen atoms in total. The van der Waals surface area contributed by atoms with Gasteiger partial charge in [-0.2, -0.15) is 4.72 Å². The molecule has 1 fully saturated rings. The lowest BCUT2D eigenvalue weighted by molar-refractivity contribution is -0.134. The van der Waals surface area contributed by atoms with Crippen LogP contribution in [0, 0.1) is 13.8 Å². The van der Waals surface area contributed by atoms with Gasteiger partial charge in [-0.05, 0) is 41.5 Å². The third-order valence-electron chi connectivity index (χ3n) is 4.18. The van der Waals surface area contributed by atoms with E-state index in [0.717, 1.165) is 0 Å². The monoisotopic (exact) mass is 416 g/mol. The number of nitrogens with one attached hydrogen (secondary N) is 1. The molecule has 2 amide bonds. The Morgan fingerprint density at radius 1 is 1.14 bits per heavy atom. The second-order valence-corrected chi connectivity index (χ2v) is 9.44. The maximum Gasteiger partial charge on any atom is 0.410 e. The SMILES string of the molecule is Cc1noc(C)c1S(=O)(=O)N[C@@H](C)C(=O)N1CCN(C(=O)OC(C)(C)C)CC1. The first-order chi connectivity index (χ1) is 12.8. The van der Waals surface area contributed by atoms with Crippen molar-refractivity contribution in [1.29, 1.82) is 0 Å². The molecular weight excluding hydrogens is 388 g/mol. The number of hydrogen-bond donors (Lipinski definition) is 1. The summed E-state index contributed by atoms with van der Waals surface area (Å²) < 4.78 is 37.7. The van der Waals surface area contributed by atoms with Crippen molar-refractivity contribution in [3.63, 3.8) is 0 Å². The molecule has 11 heteroatoms. The summed E-state index contributed by atoms with van der Waals surface area (Å²) >= 11 is 0. The topological polar surface area (TPSA) is 122 Å². The normalized spacial score (nSPS) is 16.8. The molecule has 1 aliphatic heterocycles. The van der Waals surface area contributed by atoms with Crippen LogP contribution in [0.3, 0.4) is 0 Å². The summed E-state index contributed by atoms with van der Waals surface area (Å²) in [5, 5.41) is 3.64. The molecule has 2 rings (SSSR count). The number of sulfonamides is 1. The Hall–Kier alpha value is -2.14. The van der Waals surface area contributed by atoms with Gasteiger partial charge in [-0.1, -0.05) is 5.16 Å². The van der Waals surface area contributed by atoms with Gasteiger partial charge in [0.2, 0.25) is 15.9 Å². The maximum atomic E-state index is 12.6. The van der Waals surface area contributed by atoms with E-state index in [9.17, 15) is 18.0 Å². The van der Waals surface area contributed by atoms with Crippen molar-refractivity contribution in [2.75, 3.05) is 26.2 Å². The predicted octanol–water partition coefficient (Wildman–Crippen LogP) is 1.04. The van der Waals surface area contributed by atoms with Crippen molar-refractivity contribution in [3.05, 3.63) is 11.5 Å². The van der Waals surface area contributed by atoms with E-state index in [1.807, 2.05) is 0 Å². The van der Waals surface area contributed by atoms with Crippen molar-refractivity contribution < 1.29 is 27.3 Å². The number of nitrogens with zero attached hydrogens (tertiary/aromatic N) is 3. The van der Waals surface area contributed by atoms with Crippen LogP contribution >= 0.6 is 0 Å². The van der Waals surface area contributed by atoms with E-state index in [2.05, 4.69) is 9.88 Å². The van der Waals surface area contributed by atoms with E-state index in [4.69, 9.17) is 9.26 Å². The fourth-order valence-electron chi connectivity index (χ4n) is 2.91. The number of aryl methyl sites for hydroxylation is 2. The molecule has 1 aliphatic rings. The molecule has 1 aromatic rings. The van der Waals surface area contributed by atoms with E-state index in [1.165, 1.54) is 30.6 Å². The van der Waals surface area contributed by atoms with Crippen molar-refractivity contribution >= 4 is 22.0 Å². The lowest BCUT2D eigenvalue weighted by Gasteiger charge is -2.36. The van der Waals surface area contributed by atoms with Gasteiger partial charge in [-0.3, -0.25) is 4.79 Å². The van der Waals surface area contributed by atoms with Crippen LogP contribution in [0.1, 0.15) is 39.1 Å². The molecule has 1 N–H and O–H groups in total. The Labute approximate surface area is 165 Å². The lowest BCUT2D eigenvalue weighted by Crippen LogP contribution is -2.55. The number of rotatable bonds is 4. The standard InChI is InChI=1S/C17H28N4O6S/c1-11-14(13(3)27-18-11)28(24,25)19-12(2)15(22)20-7-9-21(10-8-20)16(23)26-17(4,5)6/h12,19H,7-10H2,1-6H3/t12-/m0/s1. The molecule has 0 saturated carbocycles. The summed E-state index contributed by atoms with van der Waals surface area (Å²) in [6.45, 7) is 11.1. The van der Waals surface area contributed by atoms with Gasteiger partial charge in [0.05, 0.1) is 6.04 Å². The Kier molecular flexibility index (Phi) is 6.39. The molecule has 0 bridgehead atoms. The van der Waals surface area contributed by atoms with Gasteiger partial charge in [0, 0.05) is 26.2 Å². The first-order valence-electron chi connectivity index (χ1n) is 9.04. The Balaban J connectivity index is 1.95. The van der Waals surface area contributed by atoms with Crippen LogP contribution in [-0.4, -0.2) is 73.2 Å². The zero-order valence-electron chi connectivity index (χ0n) is 17.1. The zero-order chi connectivity index (χ0) is 21.3. The largest absolute Gasteiger partial charge is 0.444 e. The van der Waals surface area contributed by atoms with Gasteiger partial charge in [-0.15, -0.1) is 0 Å². The molecule has 1 saturated heterocycles. The number of hydrogen-bond acceptors (Lipinski definition) is 7. The lowest BCUT2D eigenvalue weighted by atomic mass is 10.2. The quantitative estimate of drug-likeness (QED) is 0.778. The summed E-state index contributed by atoms with van der Waals surface area (Å²) in [4.78, 5) is 27.8. The van der Waals surface area contributed by atoms with Gasteiger partial charge in [-0.25, -0.2) is 13.2 Å². The van der Waals surface area contributed by atoms with E-state index < -0.39 is 27.8 Å². The highest BCUT2D eigenvalue weighted by molar-refractivity contribution is 7.89. The van der Waals surface area contributed by atoms with E-state index in [0.29, 0.717) is 26.2 Å². The number of carbonyl (C=O) groups excluding carboxylic acids is 2. The van der Waals surface area contributed by atoms with Crippen molar-refractivity contribution in [2.45, 2.75) is 58.1 Å². The van der Waals surface area contributed by atoms with Crippen LogP contribution in [0.2, 0.25) is 0 Å². The summed E-state index contributed by atoms with van der Waals surface area (Å²) in [6.07, 6.45) is -0.424. The van der Waals surface area contributed by atoms with Crippen LogP contribution in [0.15, 0.2) is 9.42 Å².